The molecule has 2 fully saturated rings. The highest BCUT2D eigenvalue weighted by atomic mass is 35.5. The van der Waals surface area contributed by atoms with Gasteiger partial charge in [-0.2, -0.15) is 4.36 Å². The number of hydrogen-bond acceptors (Lipinski definition) is 6. The van der Waals surface area contributed by atoms with Crippen molar-refractivity contribution in [2.45, 2.75) is 82.7 Å². The van der Waals surface area contributed by atoms with Crippen LogP contribution in [0.5, 0.6) is 5.75 Å². The lowest BCUT2D eigenvalue weighted by molar-refractivity contribution is -0.117. The van der Waals surface area contributed by atoms with Gasteiger partial charge in [0, 0.05) is 54.8 Å². The van der Waals surface area contributed by atoms with Crippen molar-refractivity contribution in [3.63, 3.8) is 0 Å². The lowest BCUT2D eigenvalue weighted by atomic mass is 9.68. The van der Waals surface area contributed by atoms with E-state index >= 15 is 0 Å². The molecular formula is C40H49ClF2N2O5S. The number of fused-ring (bicyclic) bond motifs is 4. The van der Waals surface area contributed by atoms with E-state index in [1.807, 2.05) is 25.1 Å². The van der Waals surface area contributed by atoms with Crippen molar-refractivity contribution in [1.82, 2.24) is 0 Å². The van der Waals surface area contributed by atoms with E-state index in [1.54, 1.807) is 13.2 Å². The van der Waals surface area contributed by atoms with Crippen LogP contribution in [0, 0.1) is 29.6 Å². The number of rotatable bonds is 7. The lowest BCUT2D eigenvalue weighted by Gasteiger charge is -2.46. The topological polar surface area (TPSA) is 85.3 Å². The molecule has 7 nitrogen and oxygen atoms in total. The number of methoxy groups -OCH3 is 1. The van der Waals surface area contributed by atoms with Crippen molar-refractivity contribution >= 4 is 38.7 Å². The van der Waals surface area contributed by atoms with Crippen LogP contribution in [-0.4, -0.2) is 66.7 Å². The van der Waals surface area contributed by atoms with Gasteiger partial charge in [-0.1, -0.05) is 36.7 Å². The van der Waals surface area contributed by atoms with Crippen molar-refractivity contribution in [3.8, 4) is 5.75 Å². The molecule has 2 heterocycles. The van der Waals surface area contributed by atoms with Crippen LogP contribution in [0.25, 0.3) is 0 Å². The number of carbonyl (C=O) groups excluding carboxylic acids is 2. The van der Waals surface area contributed by atoms with Gasteiger partial charge in [0.15, 0.2) is 0 Å². The zero-order valence-electron chi connectivity index (χ0n) is 29.5. The molecule has 3 aliphatic carbocycles. The van der Waals surface area contributed by atoms with E-state index in [2.05, 4.69) is 33.5 Å². The number of hydrogen-bond donors (Lipinski definition) is 0. The van der Waals surface area contributed by atoms with Crippen LogP contribution in [0.4, 0.5) is 14.5 Å². The standard InChI is InChI=1S/C40H49ClF2N2O5S/c1-25-5-3-7-36(49-2)33-11-8-28(33)20-45-23-40(14-4-6-26-16-31(41)10-12-34(26)40)24-50-37-13-9-27(18-35(37)45)39(47)44-51(48,21-25)22-32(46)17-29-15-30(29)19-38(42)43/h3,7,9-10,12-13,16,18,25,28-30,33,36,38H,4-6,8,11,14-15,17,19-24H2,1-2H3/b7-3+/t25-,28-,29+,30+,33+,36-,40-,51+/m0/s1. The number of carbonyl (C=O) groups is 2. The number of alkyl halides is 2. The molecule has 2 saturated carbocycles. The van der Waals surface area contributed by atoms with E-state index in [4.69, 9.17) is 21.1 Å². The fraction of sp³-hybridized carbons (Fsp3) is 0.600. The fourth-order valence-corrected chi connectivity index (χ4v) is 11.7. The van der Waals surface area contributed by atoms with Gasteiger partial charge in [0.1, 0.15) is 11.5 Å². The summed E-state index contributed by atoms with van der Waals surface area (Å²) in [7, 11) is -1.54. The number of nitrogens with zero attached hydrogens (tertiary/aromatic N) is 2. The van der Waals surface area contributed by atoms with Crippen molar-refractivity contribution in [3.05, 3.63) is 70.3 Å². The first-order valence-corrected chi connectivity index (χ1v) is 20.7. The molecule has 276 valence electrons. The van der Waals surface area contributed by atoms with Gasteiger partial charge in [-0.15, -0.1) is 0 Å². The highest BCUT2D eigenvalue weighted by Gasteiger charge is 2.45. The molecule has 0 radical (unpaired) electrons. The van der Waals surface area contributed by atoms with Crippen LogP contribution < -0.4 is 9.64 Å². The van der Waals surface area contributed by atoms with Gasteiger partial charge < -0.3 is 14.4 Å². The van der Waals surface area contributed by atoms with E-state index in [9.17, 15) is 22.6 Å². The molecule has 2 bridgehead atoms. The molecular weight excluding hydrogens is 694 g/mol. The maximum atomic E-state index is 14.5. The molecule has 2 aromatic carbocycles. The summed E-state index contributed by atoms with van der Waals surface area (Å²) < 4.78 is 57.3. The number of allylic oxidation sites excluding steroid dienone is 1. The lowest BCUT2D eigenvalue weighted by Crippen LogP contribution is -2.49. The van der Waals surface area contributed by atoms with E-state index < -0.39 is 22.1 Å². The predicted molar refractivity (Wildman–Crippen MR) is 197 cm³/mol. The van der Waals surface area contributed by atoms with Crippen LogP contribution in [-0.2, 0) is 31.1 Å². The summed E-state index contributed by atoms with van der Waals surface area (Å²) in [6, 6.07) is 11.5. The molecule has 1 amide bonds. The van der Waals surface area contributed by atoms with Crippen LogP contribution >= 0.6 is 11.6 Å². The first-order valence-electron chi connectivity index (χ1n) is 18.5. The Kier molecular flexibility index (Phi) is 10.7. The Morgan fingerprint density at radius 3 is 2.80 bits per heavy atom. The molecule has 7 rings (SSSR count). The van der Waals surface area contributed by atoms with Crippen LogP contribution in [0.15, 0.2) is 52.9 Å². The zero-order valence-corrected chi connectivity index (χ0v) is 31.1. The second-order valence-corrected chi connectivity index (χ2v) is 18.6. The van der Waals surface area contributed by atoms with Crippen molar-refractivity contribution < 1.29 is 32.1 Å². The monoisotopic (exact) mass is 742 g/mol. The van der Waals surface area contributed by atoms with Crippen molar-refractivity contribution in [2.75, 3.05) is 43.2 Å². The van der Waals surface area contributed by atoms with Gasteiger partial charge in [-0.3, -0.25) is 9.59 Å². The number of benzene rings is 2. The number of Topliss-reactive ketones (excluding diaryl/α,β-unsaturated/α-hetero) is 1. The number of halogens is 3. The average Bonchev–Trinajstić information content (AvgIpc) is 3.81. The van der Waals surface area contributed by atoms with Gasteiger partial charge in [0.25, 0.3) is 5.91 Å². The zero-order chi connectivity index (χ0) is 35.9. The van der Waals surface area contributed by atoms with Gasteiger partial charge in [0.2, 0.25) is 6.43 Å². The van der Waals surface area contributed by atoms with Crippen molar-refractivity contribution in [2.24, 2.45) is 34.0 Å². The van der Waals surface area contributed by atoms with Crippen LogP contribution in [0.3, 0.4) is 0 Å². The molecule has 51 heavy (non-hydrogen) atoms. The van der Waals surface area contributed by atoms with Crippen LogP contribution in [0.2, 0.25) is 5.02 Å². The number of aryl methyl sites for hydroxylation is 1. The Balaban J connectivity index is 1.24. The molecule has 0 saturated heterocycles. The van der Waals surface area contributed by atoms with E-state index in [1.165, 1.54) is 11.1 Å². The maximum Gasteiger partial charge on any atom is 0.285 e. The Morgan fingerprint density at radius 2 is 2.04 bits per heavy atom. The van der Waals surface area contributed by atoms with Gasteiger partial charge in [-0.05, 0) is 116 Å². The summed E-state index contributed by atoms with van der Waals surface area (Å²) in [5.74, 6) is -0.210. The normalized spacial score (nSPS) is 34.0. The number of ketones is 1. The molecule has 1 spiro atoms. The SMILES string of the molecule is CO[C@H]1/C=C/C[C@H](C)C[S@@](=O)(CC(=O)C[C@H]2C[C@@H]2CC(F)F)=NC(=O)c2ccc3c(c2)N(C[C@@H]2CC[C@H]21)C[C@@]1(CCCc2cc(Cl)ccc21)CO3. The van der Waals surface area contributed by atoms with Crippen LogP contribution in [0.1, 0.15) is 79.8 Å². The summed E-state index contributed by atoms with van der Waals surface area (Å²) in [5.41, 5.74) is 3.35. The molecule has 0 aromatic heterocycles. The third-order valence-electron chi connectivity index (χ3n) is 12.0. The summed E-state index contributed by atoms with van der Waals surface area (Å²) in [5, 5.41) is 0.729. The first kappa shape index (κ1) is 36.5. The summed E-state index contributed by atoms with van der Waals surface area (Å²) in [6.45, 7) is 3.92. The second kappa shape index (κ2) is 14.9. The Hall–Kier alpha value is -2.82. The number of anilines is 1. The number of amides is 1. The summed E-state index contributed by atoms with van der Waals surface area (Å²) >= 11 is 6.44. The maximum absolute atomic E-state index is 14.5. The van der Waals surface area contributed by atoms with Gasteiger partial charge in [0.05, 0.1) is 33.9 Å². The minimum absolute atomic E-state index is 0.0682. The summed E-state index contributed by atoms with van der Waals surface area (Å²) in [4.78, 5) is 29.6. The Morgan fingerprint density at radius 1 is 1.20 bits per heavy atom. The third kappa shape index (κ3) is 8.08. The Bertz CT molecular complexity index is 1810. The van der Waals surface area contributed by atoms with Gasteiger partial charge in [-0.25, -0.2) is 13.0 Å². The highest BCUT2D eigenvalue weighted by molar-refractivity contribution is 7.94. The highest BCUT2D eigenvalue weighted by Crippen LogP contribution is 2.48. The quantitative estimate of drug-likeness (QED) is 0.266. The summed E-state index contributed by atoms with van der Waals surface area (Å²) in [6.07, 6.45) is 7.84. The van der Waals surface area contributed by atoms with E-state index in [0.29, 0.717) is 49.1 Å². The smallest absolute Gasteiger partial charge is 0.285 e. The molecule has 11 heteroatoms. The first-order chi connectivity index (χ1) is 24.4. The minimum atomic E-state index is -3.29. The third-order valence-corrected chi connectivity index (χ3v) is 14.6. The van der Waals surface area contributed by atoms with E-state index in [-0.39, 0.29) is 59.4 Å². The predicted octanol–water partition coefficient (Wildman–Crippen LogP) is 8.31. The average molecular weight is 743 g/mol. The largest absolute Gasteiger partial charge is 0.490 e. The molecule has 2 aromatic rings. The molecule has 2 aliphatic heterocycles. The van der Waals surface area contributed by atoms with Crippen molar-refractivity contribution in [1.29, 1.82) is 0 Å². The second-order valence-electron chi connectivity index (χ2n) is 15.9. The minimum Gasteiger partial charge on any atom is -0.490 e. The van der Waals surface area contributed by atoms with Gasteiger partial charge >= 0.3 is 0 Å². The molecule has 0 unspecified atom stereocenters. The molecule has 0 N–H and O–H groups in total. The Labute approximate surface area is 305 Å². The molecule has 8 atom stereocenters. The van der Waals surface area contributed by atoms with E-state index in [0.717, 1.165) is 49.4 Å². The number of ether oxygens (including phenoxy) is 2. The fourth-order valence-electron chi connectivity index (χ4n) is 9.15. The molecule has 5 aliphatic rings.